The van der Waals surface area contributed by atoms with E-state index in [2.05, 4.69) is 9.97 Å². The van der Waals surface area contributed by atoms with E-state index in [1.54, 1.807) is 36.7 Å². The summed E-state index contributed by atoms with van der Waals surface area (Å²) in [5.41, 5.74) is 10.8. The Bertz CT molecular complexity index is 494. The Hall–Kier alpha value is -1.66. The average molecular weight is 371 g/mol. The van der Waals surface area contributed by atoms with Crippen LogP contribution >= 0.6 is 20.2 Å². The van der Waals surface area contributed by atoms with Gasteiger partial charge in [-0.25, -0.2) is 0 Å². The second-order valence-corrected chi connectivity index (χ2v) is 5.09. The zero-order chi connectivity index (χ0) is 16.1. The van der Waals surface area contributed by atoms with Crippen LogP contribution in [0.25, 0.3) is 0 Å². The van der Waals surface area contributed by atoms with Gasteiger partial charge in [0.25, 0.3) is 0 Å². The van der Waals surface area contributed by atoms with Gasteiger partial charge in [-0.05, 0) is 24.3 Å². The molecule has 2 rings (SSSR count). The Morgan fingerprint density at radius 3 is 1.38 bits per heavy atom. The Morgan fingerprint density at radius 2 is 1.24 bits per heavy atom. The number of nitrogens with two attached hydrogens (primary N) is 2. The summed E-state index contributed by atoms with van der Waals surface area (Å²) in [4.78, 5) is 28.2. The third kappa shape index (κ3) is 9.81. The van der Waals surface area contributed by atoms with Crippen LogP contribution in [0.2, 0.25) is 0 Å². The topological polar surface area (TPSA) is 112 Å². The first-order valence-electron chi connectivity index (χ1n) is 5.27. The van der Waals surface area contributed by atoms with Crippen molar-refractivity contribution in [1.29, 1.82) is 0 Å². The first-order valence-corrected chi connectivity index (χ1v) is 8.31. The number of halogens is 2. The zero-order valence-corrected chi connectivity index (χ0v) is 13.2. The van der Waals surface area contributed by atoms with Crippen LogP contribution in [0.5, 0.6) is 0 Å². The third-order valence-electron chi connectivity index (χ3n) is 1.89. The summed E-state index contributed by atoms with van der Waals surface area (Å²) < 4.78 is 0. The predicted molar refractivity (Wildman–Crippen MR) is 77.2 cm³/mol. The van der Waals surface area contributed by atoms with Gasteiger partial charge in [-0.1, -0.05) is 0 Å². The number of hydrogen-bond acceptors (Lipinski definition) is 4. The molecule has 0 saturated carbocycles. The van der Waals surface area contributed by atoms with Gasteiger partial charge in [0, 0.05) is 24.8 Å². The molecule has 2 aromatic rings. The van der Waals surface area contributed by atoms with Crippen molar-refractivity contribution in [2.45, 2.75) is 0 Å². The van der Waals surface area contributed by atoms with E-state index in [9.17, 15) is 9.59 Å². The molecule has 0 fully saturated rings. The molecule has 114 valence electrons. The van der Waals surface area contributed by atoms with Gasteiger partial charge in [0.2, 0.25) is 11.8 Å². The average Bonchev–Trinajstić information content (AvgIpc) is 2.50. The van der Waals surface area contributed by atoms with E-state index in [1.165, 1.54) is 12.4 Å². The molecule has 2 heterocycles. The van der Waals surface area contributed by atoms with Gasteiger partial charge in [0.05, 0.1) is 11.1 Å². The fourth-order valence-electron chi connectivity index (χ4n) is 1.02. The molecule has 0 unspecified atom stereocenters. The molecular formula is C12H12Cl2FeN4O2. The molecule has 0 aliphatic carbocycles. The molecule has 6 nitrogen and oxygen atoms in total. The molecule has 0 aromatic carbocycles. The van der Waals surface area contributed by atoms with Gasteiger partial charge < -0.3 is 11.5 Å². The van der Waals surface area contributed by atoms with Crippen molar-refractivity contribution in [3.05, 3.63) is 60.2 Å². The number of amides is 2. The first kappa shape index (κ1) is 19.3. The molecule has 0 radical (unpaired) electrons. The number of rotatable bonds is 2. The molecule has 0 aliphatic heterocycles. The molecule has 4 N–H and O–H groups in total. The van der Waals surface area contributed by atoms with Crippen LogP contribution in [0.15, 0.2) is 49.1 Å². The summed E-state index contributed by atoms with van der Waals surface area (Å²) in [5.74, 6) is -0.883. The quantitative estimate of drug-likeness (QED) is 0.784. The van der Waals surface area contributed by atoms with Crippen molar-refractivity contribution in [3.63, 3.8) is 0 Å². The number of aromatic nitrogens is 2. The van der Waals surface area contributed by atoms with Gasteiger partial charge in [-0.3, -0.25) is 19.6 Å². The third-order valence-corrected chi connectivity index (χ3v) is 1.89. The number of primary amides is 2. The maximum absolute atomic E-state index is 10.4. The van der Waals surface area contributed by atoms with E-state index in [4.69, 9.17) is 31.7 Å². The Balaban J connectivity index is 0.000000322. The molecule has 0 spiro atoms. The Morgan fingerprint density at radius 1 is 0.905 bits per heavy atom. The van der Waals surface area contributed by atoms with Crippen LogP contribution in [0.3, 0.4) is 0 Å². The Labute approximate surface area is 136 Å². The summed E-state index contributed by atoms with van der Waals surface area (Å²) in [7, 11) is 9.53. The SMILES string of the molecule is NC(=O)c1cccnc1.NC(=O)c1cccnc1.[Cl][Fe][Cl]. The van der Waals surface area contributed by atoms with Gasteiger partial charge in [-0.15, -0.1) is 0 Å². The number of pyridine rings is 2. The van der Waals surface area contributed by atoms with Gasteiger partial charge in [0.1, 0.15) is 0 Å². The van der Waals surface area contributed by atoms with Crippen LogP contribution in [-0.2, 0) is 13.1 Å². The van der Waals surface area contributed by atoms with Crippen molar-refractivity contribution in [2.24, 2.45) is 11.5 Å². The maximum atomic E-state index is 10.4. The van der Waals surface area contributed by atoms with Gasteiger partial charge in [0.15, 0.2) is 0 Å². The van der Waals surface area contributed by atoms with Crippen LogP contribution < -0.4 is 11.5 Å². The summed E-state index contributed by atoms with van der Waals surface area (Å²) in [6.07, 6.45) is 6.05. The van der Waals surface area contributed by atoms with Crippen LogP contribution in [0.4, 0.5) is 0 Å². The van der Waals surface area contributed by atoms with Gasteiger partial charge >= 0.3 is 33.3 Å². The molecule has 9 heteroatoms. The fraction of sp³-hybridized carbons (Fsp3) is 0. The number of nitrogens with zero attached hydrogens (tertiary/aromatic N) is 2. The molecule has 0 bridgehead atoms. The summed E-state index contributed by atoms with van der Waals surface area (Å²) in [6.45, 7) is 0. The molecule has 2 aromatic heterocycles. The zero-order valence-electron chi connectivity index (χ0n) is 10.6. The standard InChI is InChI=1S/2C6H6N2O.2ClH.Fe/c2*7-6(9)5-2-1-3-8-4-5;;;/h2*1-4H,(H2,7,9);2*1H;/q;;;;+2/p-2. The van der Waals surface area contributed by atoms with E-state index >= 15 is 0 Å². The minimum atomic E-state index is -0.442. The van der Waals surface area contributed by atoms with Crippen molar-refractivity contribution < 1.29 is 22.7 Å². The first-order chi connectivity index (χ1) is 10.0. The van der Waals surface area contributed by atoms with Crippen molar-refractivity contribution in [1.82, 2.24) is 9.97 Å². The van der Waals surface area contributed by atoms with Crippen LogP contribution in [-0.4, -0.2) is 21.8 Å². The van der Waals surface area contributed by atoms with E-state index in [0.717, 1.165) is 0 Å². The van der Waals surface area contributed by atoms with Crippen molar-refractivity contribution in [3.8, 4) is 0 Å². The second kappa shape index (κ2) is 12.1. The van der Waals surface area contributed by atoms with Crippen molar-refractivity contribution in [2.75, 3.05) is 0 Å². The Kier molecular flexibility index (Phi) is 11.2. The molecule has 0 aliphatic rings. The fourth-order valence-corrected chi connectivity index (χ4v) is 1.02. The van der Waals surface area contributed by atoms with E-state index in [1.807, 2.05) is 0 Å². The van der Waals surface area contributed by atoms with Gasteiger partial charge in [-0.2, -0.15) is 0 Å². The molecule has 0 atom stereocenters. The van der Waals surface area contributed by atoms with E-state index in [0.29, 0.717) is 11.1 Å². The van der Waals surface area contributed by atoms with Crippen LogP contribution in [0, 0.1) is 0 Å². The molecule has 21 heavy (non-hydrogen) atoms. The minimum absolute atomic E-state index is 0.194. The predicted octanol–water partition coefficient (Wildman–Crippen LogP) is 1.74. The van der Waals surface area contributed by atoms with E-state index < -0.39 is 11.8 Å². The van der Waals surface area contributed by atoms with Crippen LogP contribution in [0.1, 0.15) is 20.7 Å². The molecule has 0 saturated heterocycles. The number of carbonyl (C=O) groups is 2. The van der Waals surface area contributed by atoms with E-state index in [-0.39, 0.29) is 13.1 Å². The number of hydrogen-bond donors (Lipinski definition) is 2. The number of carbonyl (C=O) groups excluding carboxylic acids is 2. The monoisotopic (exact) mass is 370 g/mol. The second-order valence-electron chi connectivity index (χ2n) is 3.26. The molecule has 2 amide bonds. The summed E-state index contributed by atoms with van der Waals surface area (Å²) in [5, 5.41) is 0. The summed E-state index contributed by atoms with van der Waals surface area (Å²) in [6, 6.07) is 6.57. The van der Waals surface area contributed by atoms with Crippen molar-refractivity contribution >= 4 is 32.0 Å². The normalized spacial score (nSPS) is 8.67. The molecular weight excluding hydrogens is 359 g/mol. The summed E-state index contributed by atoms with van der Waals surface area (Å²) >= 11 is 0.194.